The van der Waals surface area contributed by atoms with Gasteiger partial charge in [0, 0.05) is 23.1 Å². The molecule has 2 unspecified atom stereocenters. The Labute approximate surface area is 253 Å². The highest BCUT2D eigenvalue weighted by Gasteiger charge is 2.44. The largest absolute Gasteiger partial charge is 0.573 e. The summed E-state index contributed by atoms with van der Waals surface area (Å²) < 4.78 is 114. The van der Waals surface area contributed by atoms with Crippen LogP contribution in [0.3, 0.4) is 0 Å². The van der Waals surface area contributed by atoms with E-state index >= 15 is 4.39 Å². The van der Waals surface area contributed by atoms with Crippen LogP contribution in [0.2, 0.25) is 0 Å². The molecule has 0 saturated heterocycles. The molecule has 3 aromatic carbocycles. The van der Waals surface area contributed by atoms with Gasteiger partial charge in [-0.3, -0.25) is 0 Å². The Morgan fingerprint density at radius 1 is 0.800 bits per heavy atom. The first kappa shape index (κ1) is 33.6. The zero-order valence-corrected chi connectivity index (χ0v) is 24.5. The normalized spacial score (nSPS) is 14.2. The van der Waals surface area contributed by atoms with Gasteiger partial charge in [-0.15, -0.1) is 26.3 Å². The number of aliphatic hydroxyl groups is 1. The van der Waals surface area contributed by atoms with Crippen molar-refractivity contribution in [2.45, 2.75) is 30.7 Å². The van der Waals surface area contributed by atoms with Crippen molar-refractivity contribution in [1.29, 1.82) is 0 Å². The summed E-state index contributed by atoms with van der Waals surface area (Å²) in [4.78, 5) is 6.12. The van der Waals surface area contributed by atoms with E-state index in [2.05, 4.69) is 14.5 Å². The standard InChI is InChI=1S/C31H29F7N2O5/c1-40(2)14-13-29(41,19-7-5-8-20(17-19)44-30(33,34)35)26(22-9-6-10-25(42-3)27(22)32)23-16-18-15-21(45-31(36,37)38)11-12-24(18)39-28(23)43-4/h5-12,15-17,26,41H,13-14H2,1-4H3. The number of alkyl halides is 6. The number of hydrogen-bond acceptors (Lipinski definition) is 7. The molecule has 1 heterocycles. The van der Waals surface area contributed by atoms with E-state index in [1.165, 1.54) is 56.7 Å². The van der Waals surface area contributed by atoms with Crippen molar-refractivity contribution in [3.8, 4) is 23.1 Å². The number of benzene rings is 3. The van der Waals surface area contributed by atoms with Crippen LogP contribution in [0.25, 0.3) is 10.9 Å². The Balaban J connectivity index is 2.06. The lowest BCUT2D eigenvalue weighted by Gasteiger charge is -2.39. The lowest BCUT2D eigenvalue weighted by molar-refractivity contribution is -0.275. The van der Waals surface area contributed by atoms with E-state index in [0.29, 0.717) is 0 Å². The zero-order chi connectivity index (χ0) is 33.2. The van der Waals surface area contributed by atoms with Crippen molar-refractivity contribution in [2.75, 3.05) is 34.9 Å². The maximum absolute atomic E-state index is 16.1. The molecule has 0 saturated carbocycles. The molecule has 0 fully saturated rings. The average molecular weight is 643 g/mol. The first-order valence-electron chi connectivity index (χ1n) is 13.3. The van der Waals surface area contributed by atoms with Gasteiger partial charge in [0.05, 0.1) is 25.7 Å². The molecule has 14 heteroatoms. The van der Waals surface area contributed by atoms with Gasteiger partial charge < -0.3 is 29.0 Å². The molecule has 2 atom stereocenters. The number of fused-ring (bicyclic) bond motifs is 1. The van der Waals surface area contributed by atoms with Gasteiger partial charge in [-0.1, -0.05) is 24.3 Å². The minimum atomic E-state index is -5.04. The maximum atomic E-state index is 16.1. The second-order valence-corrected chi connectivity index (χ2v) is 10.3. The average Bonchev–Trinajstić information content (AvgIpc) is 2.95. The van der Waals surface area contributed by atoms with E-state index in [4.69, 9.17) is 9.47 Å². The molecule has 0 radical (unpaired) electrons. The van der Waals surface area contributed by atoms with E-state index in [-0.39, 0.29) is 52.2 Å². The number of aromatic nitrogens is 1. The van der Waals surface area contributed by atoms with Crippen LogP contribution in [-0.4, -0.2) is 62.6 Å². The van der Waals surface area contributed by atoms with Crippen LogP contribution in [-0.2, 0) is 5.60 Å². The molecule has 0 aliphatic carbocycles. The van der Waals surface area contributed by atoms with E-state index in [9.17, 15) is 31.4 Å². The van der Waals surface area contributed by atoms with Crippen LogP contribution in [0.1, 0.15) is 29.0 Å². The van der Waals surface area contributed by atoms with Crippen LogP contribution in [0.15, 0.2) is 66.7 Å². The Morgan fingerprint density at radius 3 is 2.04 bits per heavy atom. The molecular weight excluding hydrogens is 613 g/mol. The molecule has 0 aliphatic heterocycles. The molecule has 0 aliphatic rings. The SMILES string of the molecule is COc1cccc(C(c2cc3cc(OC(F)(F)F)ccc3nc2OC)C(O)(CCN(C)C)c2cccc(OC(F)(F)F)c2)c1F. The second kappa shape index (κ2) is 13.0. The third kappa shape index (κ3) is 7.87. The van der Waals surface area contributed by atoms with Gasteiger partial charge >= 0.3 is 12.7 Å². The van der Waals surface area contributed by atoms with Crippen molar-refractivity contribution in [2.24, 2.45) is 0 Å². The number of methoxy groups -OCH3 is 2. The van der Waals surface area contributed by atoms with Crippen LogP contribution < -0.4 is 18.9 Å². The monoisotopic (exact) mass is 642 g/mol. The summed E-state index contributed by atoms with van der Waals surface area (Å²) in [6.45, 7) is 0.163. The zero-order valence-electron chi connectivity index (χ0n) is 24.5. The van der Waals surface area contributed by atoms with Gasteiger partial charge in [0.15, 0.2) is 11.6 Å². The summed E-state index contributed by atoms with van der Waals surface area (Å²) in [6.07, 6.45) is -10.2. The van der Waals surface area contributed by atoms with Crippen LogP contribution in [0, 0.1) is 5.82 Å². The lowest BCUT2D eigenvalue weighted by Crippen LogP contribution is -2.38. The van der Waals surface area contributed by atoms with Crippen LogP contribution in [0.4, 0.5) is 30.7 Å². The predicted molar refractivity (Wildman–Crippen MR) is 150 cm³/mol. The molecule has 7 nitrogen and oxygen atoms in total. The topological polar surface area (TPSA) is 73.3 Å². The van der Waals surface area contributed by atoms with E-state index in [1.54, 1.807) is 19.0 Å². The Morgan fingerprint density at radius 2 is 1.44 bits per heavy atom. The molecule has 4 rings (SSSR count). The van der Waals surface area contributed by atoms with Gasteiger partial charge in [0.2, 0.25) is 5.88 Å². The lowest BCUT2D eigenvalue weighted by atomic mass is 9.71. The summed E-state index contributed by atoms with van der Waals surface area (Å²) in [5.74, 6) is -3.87. The minimum Gasteiger partial charge on any atom is -0.494 e. The first-order chi connectivity index (χ1) is 21.0. The van der Waals surface area contributed by atoms with Crippen LogP contribution in [0.5, 0.6) is 23.1 Å². The van der Waals surface area contributed by atoms with Gasteiger partial charge in [0.25, 0.3) is 0 Å². The quantitative estimate of drug-likeness (QED) is 0.174. The molecule has 1 N–H and O–H groups in total. The molecular formula is C31H29F7N2O5. The smallest absolute Gasteiger partial charge is 0.494 e. The van der Waals surface area contributed by atoms with E-state index in [1.807, 2.05) is 0 Å². The molecule has 0 amide bonds. The number of ether oxygens (including phenoxy) is 4. The Bertz CT molecular complexity index is 1650. The fourth-order valence-corrected chi connectivity index (χ4v) is 5.12. The van der Waals surface area contributed by atoms with Gasteiger partial charge in [-0.05, 0) is 68.5 Å². The molecule has 0 bridgehead atoms. The van der Waals surface area contributed by atoms with E-state index in [0.717, 1.165) is 24.3 Å². The summed E-state index contributed by atoms with van der Waals surface area (Å²) in [5.41, 5.74) is -2.21. The summed E-state index contributed by atoms with van der Waals surface area (Å²) in [6, 6.07) is 13.5. The third-order valence-corrected chi connectivity index (χ3v) is 7.03. The van der Waals surface area contributed by atoms with Crippen molar-refractivity contribution in [1.82, 2.24) is 9.88 Å². The fourth-order valence-electron chi connectivity index (χ4n) is 5.12. The number of nitrogens with zero attached hydrogens (tertiary/aromatic N) is 2. The van der Waals surface area contributed by atoms with Crippen LogP contribution >= 0.6 is 0 Å². The number of halogens is 7. The number of rotatable bonds is 11. The predicted octanol–water partition coefficient (Wildman–Crippen LogP) is 7.16. The summed E-state index contributed by atoms with van der Waals surface area (Å²) in [5, 5.41) is 12.8. The fraction of sp³-hybridized carbons (Fsp3) is 0.323. The van der Waals surface area contributed by atoms with Crippen molar-refractivity contribution < 1.29 is 54.8 Å². The highest BCUT2D eigenvalue weighted by molar-refractivity contribution is 5.82. The highest BCUT2D eigenvalue weighted by Crippen LogP contribution is 2.49. The summed E-state index contributed by atoms with van der Waals surface area (Å²) >= 11 is 0. The number of pyridine rings is 1. The van der Waals surface area contributed by atoms with E-state index < -0.39 is 41.6 Å². The maximum Gasteiger partial charge on any atom is 0.573 e. The molecule has 242 valence electrons. The summed E-state index contributed by atoms with van der Waals surface area (Å²) in [7, 11) is 5.89. The van der Waals surface area contributed by atoms with Gasteiger partial charge in [-0.2, -0.15) is 0 Å². The minimum absolute atomic E-state index is 0.0183. The van der Waals surface area contributed by atoms with Crippen molar-refractivity contribution in [3.63, 3.8) is 0 Å². The Kier molecular flexibility index (Phi) is 9.68. The van der Waals surface area contributed by atoms with Gasteiger partial charge in [-0.25, -0.2) is 9.37 Å². The first-order valence-corrected chi connectivity index (χ1v) is 13.3. The molecule has 1 aromatic heterocycles. The second-order valence-electron chi connectivity index (χ2n) is 10.3. The highest BCUT2D eigenvalue weighted by atomic mass is 19.4. The molecule has 45 heavy (non-hydrogen) atoms. The van der Waals surface area contributed by atoms with Gasteiger partial charge in [0.1, 0.15) is 17.1 Å². The van der Waals surface area contributed by atoms with Crippen molar-refractivity contribution in [3.05, 3.63) is 89.2 Å². The molecule has 4 aromatic rings. The van der Waals surface area contributed by atoms with Crippen molar-refractivity contribution >= 4 is 10.9 Å². The Hall–Kier alpha value is -4.30. The third-order valence-electron chi connectivity index (χ3n) is 7.03. The number of hydrogen-bond donors (Lipinski definition) is 1. The molecule has 0 spiro atoms.